The molecule has 5 atom stereocenters. The van der Waals surface area contributed by atoms with E-state index in [-0.39, 0.29) is 67.0 Å². The van der Waals surface area contributed by atoms with Crippen LogP contribution in [0.25, 0.3) is 0 Å². The molecule has 6 aliphatic rings. The number of carboxylic acids is 2. The van der Waals surface area contributed by atoms with Gasteiger partial charge in [-0.25, -0.2) is 9.78 Å². The summed E-state index contributed by atoms with van der Waals surface area (Å²) in [7, 11) is 0. The molecule has 0 amide bonds. The second-order valence-electron chi connectivity index (χ2n) is 18.9. The number of ether oxygens (including phenoxy) is 3. The predicted octanol–water partition coefficient (Wildman–Crippen LogP) is 8.31. The zero-order valence-corrected chi connectivity index (χ0v) is 33.9. The molecule has 0 heterocycles. The van der Waals surface area contributed by atoms with E-state index in [0.29, 0.717) is 37.4 Å². The molecule has 13 heteroatoms. The average molecular weight is 792 g/mol. The van der Waals surface area contributed by atoms with Crippen LogP contribution in [0.4, 0.5) is 0 Å². The van der Waals surface area contributed by atoms with Gasteiger partial charge in [-0.1, -0.05) is 26.7 Å². The normalized spacial score (nSPS) is 38.6. The largest absolute Gasteiger partial charge is 0.481 e. The van der Waals surface area contributed by atoms with Gasteiger partial charge < -0.3 is 24.4 Å². The van der Waals surface area contributed by atoms with Crippen molar-refractivity contribution in [2.75, 3.05) is 6.61 Å². The highest BCUT2D eigenvalue weighted by Crippen LogP contribution is 2.49. The van der Waals surface area contributed by atoms with Crippen LogP contribution in [-0.2, 0) is 38.4 Å². The van der Waals surface area contributed by atoms with E-state index in [1.807, 2.05) is 0 Å². The van der Waals surface area contributed by atoms with E-state index < -0.39 is 40.7 Å². The lowest BCUT2D eigenvalue weighted by atomic mass is 9.60. The molecule has 318 valence electrons. The fourth-order valence-corrected chi connectivity index (χ4v) is 11.4. The molecule has 0 saturated heterocycles. The summed E-state index contributed by atoms with van der Waals surface area (Å²) in [6.45, 7) is 5.34. The monoisotopic (exact) mass is 791 g/mol. The molecular formula is C43H69NO12. The summed E-state index contributed by atoms with van der Waals surface area (Å²) < 4.78 is 19.0. The molecule has 0 aromatic rings. The number of carbonyl (C=O) groups excluding carboxylic acids is 1. The number of nitrogens with zero attached hydrogens (tertiary/aromatic N) is 1. The van der Waals surface area contributed by atoms with Gasteiger partial charge in [-0.3, -0.25) is 24.5 Å². The molecule has 0 aliphatic heterocycles. The molecule has 5 unspecified atom stereocenters. The summed E-state index contributed by atoms with van der Waals surface area (Å²) in [6.07, 6.45) is 20.7. The summed E-state index contributed by atoms with van der Waals surface area (Å²) in [5, 5.41) is 30.4. The molecule has 2 N–H and O–H groups in total. The minimum absolute atomic E-state index is 0.0417. The highest BCUT2D eigenvalue weighted by Gasteiger charge is 2.46. The number of aliphatic carboxylic acids is 2. The second kappa shape index (κ2) is 20.1. The van der Waals surface area contributed by atoms with Crippen LogP contribution in [0, 0.1) is 51.0 Å². The Labute approximate surface area is 332 Å². The van der Waals surface area contributed by atoms with Gasteiger partial charge in [-0.2, -0.15) is 0 Å². The molecule has 0 aromatic heterocycles. The molecule has 6 fully saturated rings. The van der Waals surface area contributed by atoms with E-state index in [1.54, 1.807) is 0 Å². The lowest BCUT2D eigenvalue weighted by Gasteiger charge is -2.47. The van der Waals surface area contributed by atoms with Crippen molar-refractivity contribution < 1.29 is 53.5 Å². The number of esters is 1. The van der Waals surface area contributed by atoms with Crippen molar-refractivity contribution in [2.45, 2.75) is 204 Å². The SMILES string of the molecule is CC(C)(C1CCC(OC2CCC(OOCC3CCCCC3C(=O)O)CC2)CC1)C1CCC(OC2CCC(OC(=O)C3CCC([N+](=O)[O-])CC3C(=O)O)CC2)CC1. The molecule has 0 aromatic carbocycles. The van der Waals surface area contributed by atoms with Crippen molar-refractivity contribution in [3.05, 3.63) is 10.1 Å². The van der Waals surface area contributed by atoms with E-state index in [0.717, 1.165) is 89.9 Å². The first-order valence-corrected chi connectivity index (χ1v) is 22.3. The van der Waals surface area contributed by atoms with Gasteiger partial charge in [0.25, 0.3) is 0 Å². The van der Waals surface area contributed by atoms with Crippen LogP contribution < -0.4 is 0 Å². The second-order valence-corrected chi connectivity index (χ2v) is 18.9. The van der Waals surface area contributed by atoms with E-state index in [2.05, 4.69) is 13.8 Å². The number of hydrogen-bond acceptors (Lipinski definition) is 10. The van der Waals surface area contributed by atoms with Gasteiger partial charge in [-0.15, -0.1) is 0 Å². The van der Waals surface area contributed by atoms with Gasteiger partial charge in [0, 0.05) is 17.8 Å². The van der Waals surface area contributed by atoms with Gasteiger partial charge >= 0.3 is 17.9 Å². The number of carboxylic acid groups (broad SMARTS) is 2. The Kier molecular flexibility index (Phi) is 15.5. The van der Waals surface area contributed by atoms with E-state index in [1.165, 1.54) is 25.7 Å². The Morgan fingerprint density at radius 1 is 0.589 bits per heavy atom. The summed E-state index contributed by atoms with van der Waals surface area (Å²) in [6, 6.07) is -0.920. The Morgan fingerprint density at radius 2 is 1.05 bits per heavy atom. The van der Waals surface area contributed by atoms with Crippen molar-refractivity contribution in [1.29, 1.82) is 0 Å². The van der Waals surface area contributed by atoms with E-state index in [4.69, 9.17) is 24.0 Å². The maximum atomic E-state index is 13.0. The summed E-state index contributed by atoms with van der Waals surface area (Å²) >= 11 is 0. The van der Waals surface area contributed by atoms with E-state index >= 15 is 0 Å². The molecule has 0 radical (unpaired) electrons. The van der Waals surface area contributed by atoms with Crippen LogP contribution in [0.15, 0.2) is 0 Å². The summed E-state index contributed by atoms with van der Waals surface area (Å²) in [5.41, 5.74) is 0.275. The minimum atomic E-state index is -1.17. The summed E-state index contributed by atoms with van der Waals surface area (Å²) in [5.74, 6) is -3.19. The number of nitro groups is 1. The predicted molar refractivity (Wildman–Crippen MR) is 205 cm³/mol. The first kappa shape index (κ1) is 43.2. The molecule has 6 rings (SSSR count). The van der Waals surface area contributed by atoms with Crippen molar-refractivity contribution in [1.82, 2.24) is 0 Å². The van der Waals surface area contributed by atoms with Crippen LogP contribution in [0.1, 0.15) is 162 Å². The van der Waals surface area contributed by atoms with Crippen LogP contribution in [0.5, 0.6) is 0 Å². The Morgan fingerprint density at radius 3 is 1.55 bits per heavy atom. The first-order valence-electron chi connectivity index (χ1n) is 22.3. The molecule has 13 nitrogen and oxygen atoms in total. The maximum Gasteiger partial charge on any atom is 0.310 e. The fraction of sp³-hybridized carbons (Fsp3) is 0.930. The lowest BCUT2D eigenvalue weighted by Crippen LogP contribution is -2.42. The molecule has 0 spiro atoms. The maximum absolute atomic E-state index is 13.0. The van der Waals surface area contributed by atoms with E-state index in [9.17, 15) is 34.7 Å². The average Bonchev–Trinajstić information content (AvgIpc) is 3.19. The summed E-state index contributed by atoms with van der Waals surface area (Å²) in [4.78, 5) is 58.5. The van der Waals surface area contributed by atoms with Gasteiger partial charge in [0.1, 0.15) is 6.10 Å². The first-order chi connectivity index (χ1) is 26.9. The van der Waals surface area contributed by atoms with Crippen molar-refractivity contribution >= 4 is 17.9 Å². The van der Waals surface area contributed by atoms with Gasteiger partial charge in [0.05, 0.1) is 54.9 Å². The standard InChI is InChI=1S/C43H69NO12/c1-43(2,29-9-14-32(15-10-29)54-34-20-22-36(23-21-34)56-52-26-27-5-3-4-6-37(27)40(45)46)28-7-12-31(13-8-28)53-33-16-18-35(19-17-33)55-42(49)38-24-11-30(44(50)51)25-39(38)41(47)48/h27-39H,3-26H2,1-2H3,(H,45,46)(H,47,48). The van der Waals surface area contributed by atoms with Crippen LogP contribution in [0.3, 0.4) is 0 Å². The number of hydrogen-bond donors (Lipinski definition) is 2. The van der Waals surface area contributed by atoms with Gasteiger partial charge in [0.15, 0.2) is 0 Å². The zero-order valence-electron chi connectivity index (χ0n) is 33.9. The molecular weight excluding hydrogens is 722 g/mol. The zero-order chi connectivity index (χ0) is 39.8. The highest BCUT2D eigenvalue weighted by molar-refractivity contribution is 5.81. The Balaban J connectivity index is 0.828. The van der Waals surface area contributed by atoms with Crippen molar-refractivity contribution in [3.8, 4) is 0 Å². The van der Waals surface area contributed by atoms with Crippen LogP contribution >= 0.6 is 0 Å². The topological polar surface area (TPSA) is 181 Å². The number of rotatable bonds is 15. The highest BCUT2D eigenvalue weighted by atomic mass is 17.2. The lowest BCUT2D eigenvalue weighted by molar-refractivity contribution is -0.528. The smallest absolute Gasteiger partial charge is 0.310 e. The third-order valence-electron chi connectivity index (χ3n) is 15.2. The van der Waals surface area contributed by atoms with Crippen molar-refractivity contribution in [3.63, 3.8) is 0 Å². The molecule has 0 bridgehead atoms. The van der Waals surface area contributed by atoms with Gasteiger partial charge in [-0.05, 0) is 145 Å². The number of carbonyl (C=O) groups is 3. The van der Waals surface area contributed by atoms with Crippen molar-refractivity contribution in [2.24, 2.45) is 40.9 Å². The Bertz CT molecular complexity index is 1290. The third-order valence-corrected chi connectivity index (χ3v) is 15.2. The molecule has 6 saturated carbocycles. The minimum Gasteiger partial charge on any atom is -0.481 e. The quantitative estimate of drug-likeness (QED) is 0.0702. The van der Waals surface area contributed by atoms with Crippen LogP contribution in [-0.4, -0.2) is 82.3 Å². The van der Waals surface area contributed by atoms with Crippen LogP contribution in [0.2, 0.25) is 0 Å². The Hall–Kier alpha value is -2.35. The fourth-order valence-electron chi connectivity index (χ4n) is 11.4. The molecule has 56 heavy (non-hydrogen) atoms. The van der Waals surface area contributed by atoms with Gasteiger partial charge in [0.2, 0.25) is 6.04 Å². The third kappa shape index (κ3) is 11.4. The molecule has 6 aliphatic carbocycles.